The second kappa shape index (κ2) is 9.69. The standard InChI is InChI=1S/C21H19F3N4O3S/c1-31-15-4-2-3-13(9-15)11-26-19(29)17-16(25)18(32-28-17)20(30)27-10-12-5-7-14(8-6-12)21(22,23)24/h2-9H,10-11,25H2,1H3,(H,26,29)(H,27,30). The SMILES string of the molecule is COc1cccc(CNC(=O)c2nsc(C(=O)NCc3ccc(C(F)(F)F)cc3)c2N)c1. The van der Waals surface area contributed by atoms with Crippen LogP contribution in [0.5, 0.6) is 5.75 Å². The number of hydrogen-bond donors (Lipinski definition) is 3. The Hall–Kier alpha value is -3.60. The van der Waals surface area contributed by atoms with E-state index in [9.17, 15) is 22.8 Å². The minimum Gasteiger partial charge on any atom is -0.497 e. The third-order valence-corrected chi connectivity index (χ3v) is 5.33. The molecule has 0 atom stereocenters. The molecule has 0 bridgehead atoms. The average Bonchev–Trinajstić information content (AvgIpc) is 3.17. The zero-order valence-corrected chi connectivity index (χ0v) is 17.6. The van der Waals surface area contributed by atoms with E-state index in [1.54, 1.807) is 18.2 Å². The molecule has 0 spiro atoms. The molecule has 0 aliphatic heterocycles. The molecule has 4 N–H and O–H groups in total. The number of hydrogen-bond acceptors (Lipinski definition) is 6. The van der Waals surface area contributed by atoms with Gasteiger partial charge in [-0.2, -0.15) is 17.5 Å². The van der Waals surface area contributed by atoms with Crippen LogP contribution in [0.2, 0.25) is 0 Å². The number of carbonyl (C=O) groups excluding carboxylic acids is 2. The van der Waals surface area contributed by atoms with E-state index in [1.165, 1.54) is 19.2 Å². The first-order chi connectivity index (χ1) is 15.2. The van der Waals surface area contributed by atoms with Crippen molar-refractivity contribution < 1.29 is 27.5 Å². The first kappa shape index (κ1) is 23.1. The second-order valence-electron chi connectivity index (χ2n) is 6.69. The maximum absolute atomic E-state index is 12.6. The van der Waals surface area contributed by atoms with Crippen LogP contribution in [0, 0.1) is 0 Å². The van der Waals surface area contributed by atoms with E-state index in [1.807, 2.05) is 6.07 Å². The van der Waals surface area contributed by atoms with E-state index >= 15 is 0 Å². The van der Waals surface area contributed by atoms with Gasteiger partial charge in [0.2, 0.25) is 0 Å². The molecule has 3 aromatic rings. The monoisotopic (exact) mass is 464 g/mol. The van der Waals surface area contributed by atoms with Crippen molar-refractivity contribution in [1.29, 1.82) is 0 Å². The Labute approximate surface area is 185 Å². The summed E-state index contributed by atoms with van der Waals surface area (Å²) in [7, 11) is 1.54. The first-order valence-corrected chi connectivity index (χ1v) is 10.1. The second-order valence-corrected chi connectivity index (χ2v) is 7.46. The number of aromatic nitrogens is 1. The molecule has 0 radical (unpaired) electrons. The summed E-state index contributed by atoms with van der Waals surface area (Å²) in [5.41, 5.74) is 6.31. The number of nitrogens with two attached hydrogens (primary N) is 1. The minimum atomic E-state index is -4.43. The van der Waals surface area contributed by atoms with Gasteiger partial charge in [0, 0.05) is 13.1 Å². The first-order valence-electron chi connectivity index (χ1n) is 9.29. The van der Waals surface area contributed by atoms with E-state index in [0.29, 0.717) is 11.3 Å². The summed E-state index contributed by atoms with van der Waals surface area (Å²) in [5.74, 6) is -0.466. The Balaban J connectivity index is 1.59. The Morgan fingerprint density at radius 1 is 1.03 bits per heavy atom. The zero-order valence-electron chi connectivity index (χ0n) is 16.8. The van der Waals surface area contributed by atoms with Crippen molar-refractivity contribution in [2.75, 3.05) is 12.8 Å². The smallest absolute Gasteiger partial charge is 0.416 e. The fourth-order valence-electron chi connectivity index (χ4n) is 2.75. The van der Waals surface area contributed by atoms with Gasteiger partial charge in [0.25, 0.3) is 11.8 Å². The highest BCUT2D eigenvalue weighted by atomic mass is 32.1. The van der Waals surface area contributed by atoms with Gasteiger partial charge in [-0.15, -0.1) is 0 Å². The van der Waals surface area contributed by atoms with Crippen molar-refractivity contribution in [3.05, 3.63) is 75.8 Å². The molecule has 32 heavy (non-hydrogen) atoms. The minimum absolute atomic E-state index is 0.00825. The predicted molar refractivity (Wildman–Crippen MR) is 113 cm³/mol. The number of halogens is 3. The number of nitrogens with one attached hydrogen (secondary N) is 2. The van der Waals surface area contributed by atoms with Crippen molar-refractivity contribution in [1.82, 2.24) is 15.0 Å². The normalized spacial score (nSPS) is 11.1. The van der Waals surface area contributed by atoms with Crippen LogP contribution in [0.15, 0.2) is 48.5 Å². The van der Waals surface area contributed by atoms with E-state index in [2.05, 4.69) is 15.0 Å². The zero-order chi connectivity index (χ0) is 23.3. The average molecular weight is 464 g/mol. The third kappa shape index (κ3) is 5.55. The molecule has 1 heterocycles. The molecule has 0 aliphatic rings. The summed E-state index contributed by atoms with van der Waals surface area (Å²) in [6.45, 7) is 0.203. The largest absolute Gasteiger partial charge is 0.497 e. The summed E-state index contributed by atoms with van der Waals surface area (Å²) in [5, 5.41) is 5.24. The molecule has 0 fully saturated rings. The van der Waals surface area contributed by atoms with Gasteiger partial charge in [-0.05, 0) is 46.9 Å². The number of nitrogens with zero attached hydrogens (tertiary/aromatic N) is 1. The summed E-state index contributed by atoms with van der Waals surface area (Å²) in [6.07, 6.45) is -4.43. The van der Waals surface area contributed by atoms with Gasteiger partial charge in [-0.3, -0.25) is 9.59 Å². The quantitative estimate of drug-likeness (QED) is 0.495. The lowest BCUT2D eigenvalue weighted by molar-refractivity contribution is -0.137. The number of amides is 2. The van der Waals surface area contributed by atoms with Gasteiger partial charge in [0.1, 0.15) is 10.6 Å². The maximum atomic E-state index is 12.6. The van der Waals surface area contributed by atoms with Crippen molar-refractivity contribution in [2.24, 2.45) is 0 Å². The summed E-state index contributed by atoms with van der Waals surface area (Å²) in [4.78, 5) is 24.9. The van der Waals surface area contributed by atoms with Crippen LogP contribution in [0.1, 0.15) is 36.9 Å². The fourth-order valence-corrected chi connectivity index (χ4v) is 3.46. The molecular weight excluding hydrogens is 445 g/mol. The number of alkyl halides is 3. The maximum Gasteiger partial charge on any atom is 0.416 e. The van der Waals surface area contributed by atoms with E-state index in [-0.39, 0.29) is 29.3 Å². The third-order valence-electron chi connectivity index (χ3n) is 4.47. The molecule has 11 heteroatoms. The molecule has 2 amide bonds. The molecule has 3 rings (SSSR count). The number of carbonyl (C=O) groups is 2. The Bertz CT molecular complexity index is 1110. The Morgan fingerprint density at radius 3 is 2.34 bits per heavy atom. The van der Waals surface area contributed by atoms with Crippen LogP contribution in [0.4, 0.5) is 18.9 Å². The molecule has 0 aliphatic carbocycles. The fraction of sp³-hybridized carbons (Fsp3) is 0.190. The Kier molecular flexibility index (Phi) is 6.98. The van der Waals surface area contributed by atoms with Gasteiger partial charge in [0.05, 0.1) is 18.4 Å². The lowest BCUT2D eigenvalue weighted by Crippen LogP contribution is -2.25. The predicted octanol–water partition coefficient (Wildman–Crippen LogP) is 3.61. The molecule has 0 saturated heterocycles. The van der Waals surface area contributed by atoms with Gasteiger partial charge >= 0.3 is 6.18 Å². The summed E-state index contributed by atoms with van der Waals surface area (Å²) in [6, 6.07) is 11.6. The van der Waals surface area contributed by atoms with Gasteiger partial charge in [0.15, 0.2) is 5.69 Å². The van der Waals surface area contributed by atoms with Crippen LogP contribution in [-0.4, -0.2) is 23.3 Å². The molecular formula is C21H19F3N4O3S. The number of nitrogen functional groups attached to an aromatic ring is 1. The van der Waals surface area contributed by atoms with Gasteiger partial charge < -0.3 is 21.1 Å². The number of methoxy groups -OCH3 is 1. The van der Waals surface area contributed by atoms with Gasteiger partial charge in [-0.1, -0.05) is 24.3 Å². The lowest BCUT2D eigenvalue weighted by Gasteiger charge is -2.08. The highest BCUT2D eigenvalue weighted by Gasteiger charge is 2.30. The summed E-state index contributed by atoms with van der Waals surface area (Å²) >= 11 is 0.765. The van der Waals surface area contributed by atoms with E-state index < -0.39 is 23.6 Å². The lowest BCUT2D eigenvalue weighted by atomic mass is 10.1. The van der Waals surface area contributed by atoms with Crippen molar-refractivity contribution in [2.45, 2.75) is 19.3 Å². The van der Waals surface area contributed by atoms with Crippen LogP contribution < -0.4 is 21.1 Å². The van der Waals surface area contributed by atoms with Crippen molar-refractivity contribution >= 4 is 29.0 Å². The number of ether oxygens (including phenoxy) is 1. The van der Waals surface area contributed by atoms with Crippen LogP contribution in [0.25, 0.3) is 0 Å². The van der Waals surface area contributed by atoms with Crippen LogP contribution in [0.3, 0.4) is 0 Å². The number of anilines is 1. The van der Waals surface area contributed by atoms with Crippen molar-refractivity contribution in [3.8, 4) is 5.75 Å². The molecule has 7 nitrogen and oxygen atoms in total. The highest BCUT2D eigenvalue weighted by Crippen LogP contribution is 2.29. The summed E-state index contributed by atoms with van der Waals surface area (Å²) < 4.78 is 47.0. The number of rotatable bonds is 7. The highest BCUT2D eigenvalue weighted by molar-refractivity contribution is 7.09. The molecule has 168 valence electrons. The molecule has 0 unspecified atom stereocenters. The topological polar surface area (TPSA) is 106 Å². The van der Waals surface area contributed by atoms with Crippen molar-refractivity contribution in [3.63, 3.8) is 0 Å². The molecule has 1 aromatic heterocycles. The number of benzene rings is 2. The van der Waals surface area contributed by atoms with E-state index in [0.717, 1.165) is 29.2 Å². The van der Waals surface area contributed by atoms with E-state index in [4.69, 9.17) is 10.5 Å². The van der Waals surface area contributed by atoms with Crippen LogP contribution in [-0.2, 0) is 19.3 Å². The molecule has 2 aromatic carbocycles. The van der Waals surface area contributed by atoms with Crippen LogP contribution >= 0.6 is 11.5 Å². The molecule has 0 saturated carbocycles. The Morgan fingerprint density at radius 2 is 1.69 bits per heavy atom. The van der Waals surface area contributed by atoms with Gasteiger partial charge in [-0.25, -0.2) is 0 Å².